The molecular weight excluding hydrogens is 158 g/mol. The van der Waals surface area contributed by atoms with Crippen molar-refractivity contribution < 1.29 is 0 Å². The van der Waals surface area contributed by atoms with E-state index in [1.807, 2.05) is 0 Å². The van der Waals surface area contributed by atoms with Gasteiger partial charge in [-0.2, -0.15) is 0 Å². The second-order valence-electron chi connectivity index (χ2n) is 4.39. The Bertz CT molecular complexity index is 306. The predicted octanol–water partition coefficient (Wildman–Crippen LogP) is 1.94. The number of hydrogen-bond donors (Lipinski definition) is 1. The largest absolute Gasteiger partial charge is 0.316 e. The lowest BCUT2D eigenvalue weighted by Crippen LogP contribution is -2.34. The number of piperidine rings is 1. The van der Waals surface area contributed by atoms with Gasteiger partial charge in [-0.15, -0.1) is 0 Å². The van der Waals surface area contributed by atoms with Gasteiger partial charge in [0, 0.05) is 12.0 Å². The summed E-state index contributed by atoms with van der Waals surface area (Å²) in [5, 5.41) is 3.52. The van der Waals surface area contributed by atoms with Crippen LogP contribution in [0.2, 0.25) is 0 Å². The van der Waals surface area contributed by atoms with Gasteiger partial charge < -0.3 is 5.32 Å². The molecule has 2 fully saturated rings. The maximum atomic E-state index is 3.52. The first-order valence-corrected chi connectivity index (χ1v) is 5.18. The van der Waals surface area contributed by atoms with E-state index >= 15 is 0 Å². The summed E-state index contributed by atoms with van der Waals surface area (Å²) in [6, 6.07) is 11.0. The molecule has 1 saturated heterocycles. The SMILES string of the molecule is c1ccc([C@]23CNCC[C@H]2C3)cc1. The zero-order chi connectivity index (χ0) is 8.73. The van der Waals surface area contributed by atoms with Gasteiger partial charge >= 0.3 is 0 Å². The average molecular weight is 173 g/mol. The molecule has 3 rings (SSSR count). The van der Waals surface area contributed by atoms with E-state index in [4.69, 9.17) is 0 Å². The summed E-state index contributed by atoms with van der Waals surface area (Å²) >= 11 is 0. The highest BCUT2D eigenvalue weighted by Gasteiger charge is 2.55. The zero-order valence-electron chi connectivity index (χ0n) is 7.79. The molecule has 1 aliphatic heterocycles. The first-order chi connectivity index (χ1) is 6.42. The summed E-state index contributed by atoms with van der Waals surface area (Å²) in [6.45, 7) is 2.42. The predicted molar refractivity (Wildman–Crippen MR) is 53.7 cm³/mol. The van der Waals surface area contributed by atoms with Crippen LogP contribution in [-0.2, 0) is 5.41 Å². The highest BCUT2D eigenvalue weighted by Crippen LogP contribution is 2.56. The zero-order valence-corrected chi connectivity index (χ0v) is 7.79. The third-order valence-corrected chi connectivity index (χ3v) is 3.69. The summed E-state index contributed by atoms with van der Waals surface area (Å²) in [4.78, 5) is 0. The van der Waals surface area contributed by atoms with Crippen LogP contribution in [-0.4, -0.2) is 13.1 Å². The van der Waals surface area contributed by atoms with Crippen LogP contribution in [0.5, 0.6) is 0 Å². The lowest BCUT2D eigenvalue weighted by molar-refractivity contribution is 0.447. The molecular formula is C12H15N. The molecule has 1 aromatic carbocycles. The van der Waals surface area contributed by atoms with Crippen LogP contribution in [0.25, 0.3) is 0 Å². The molecule has 0 spiro atoms. The van der Waals surface area contributed by atoms with E-state index in [0.717, 1.165) is 5.92 Å². The van der Waals surface area contributed by atoms with Crippen molar-refractivity contribution in [2.75, 3.05) is 13.1 Å². The monoisotopic (exact) mass is 173 g/mol. The Balaban J connectivity index is 1.94. The average Bonchev–Trinajstić information content (AvgIpc) is 2.94. The van der Waals surface area contributed by atoms with Gasteiger partial charge in [0.25, 0.3) is 0 Å². The van der Waals surface area contributed by atoms with Crippen molar-refractivity contribution in [1.82, 2.24) is 5.32 Å². The minimum Gasteiger partial charge on any atom is -0.316 e. The van der Waals surface area contributed by atoms with Gasteiger partial charge in [-0.25, -0.2) is 0 Å². The van der Waals surface area contributed by atoms with Crippen molar-refractivity contribution in [3.05, 3.63) is 35.9 Å². The normalized spacial score (nSPS) is 36.8. The standard InChI is InChI=1S/C12H15N/c1-2-4-10(5-3-1)12-8-11(12)6-7-13-9-12/h1-5,11,13H,6-9H2/t11-,12-/m0/s1. The molecule has 1 aliphatic carbocycles. The molecule has 68 valence electrons. The van der Waals surface area contributed by atoms with Crippen molar-refractivity contribution in [2.24, 2.45) is 5.92 Å². The quantitative estimate of drug-likeness (QED) is 0.684. The summed E-state index contributed by atoms with van der Waals surface area (Å²) in [6.07, 6.45) is 2.78. The number of nitrogens with one attached hydrogen (secondary N) is 1. The molecule has 2 aliphatic rings. The highest BCUT2D eigenvalue weighted by molar-refractivity contribution is 5.35. The first kappa shape index (κ1) is 7.57. The van der Waals surface area contributed by atoms with Crippen LogP contribution < -0.4 is 5.32 Å². The van der Waals surface area contributed by atoms with E-state index in [0.29, 0.717) is 5.41 Å². The van der Waals surface area contributed by atoms with E-state index in [1.165, 1.54) is 25.9 Å². The van der Waals surface area contributed by atoms with Crippen molar-refractivity contribution >= 4 is 0 Å². The fourth-order valence-corrected chi connectivity index (χ4v) is 2.79. The second-order valence-corrected chi connectivity index (χ2v) is 4.39. The van der Waals surface area contributed by atoms with E-state index < -0.39 is 0 Å². The molecule has 1 N–H and O–H groups in total. The molecule has 1 heteroatoms. The minimum absolute atomic E-state index is 0.527. The number of rotatable bonds is 1. The van der Waals surface area contributed by atoms with Crippen molar-refractivity contribution in [3.8, 4) is 0 Å². The molecule has 13 heavy (non-hydrogen) atoms. The summed E-state index contributed by atoms with van der Waals surface area (Å²) in [5.74, 6) is 0.969. The molecule has 0 aromatic heterocycles. The molecule has 0 radical (unpaired) electrons. The van der Waals surface area contributed by atoms with Gasteiger partial charge in [-0.1, -0.05) is 30.3 Å². The molecule has 1 aromatic rings. The van der Waals surface area contributed by atoms with Gasteiger partial charge in [0.15, 0.2) is 0 Å². The van der Waals surface area contributed by atoms with Crippen LogP contribution in [0.3, 0.4) is 0 Å². The fraction of sp³-hybridized carbons (Fsp3) is 0.500. The van der Waals surface area contributed by atoms with E-state index in [1.54, 1.807) is 5.56 Å². The maximum Gasteiger partial charge on any atom is 0.0110 e. The number of benzene rings is 1. The molecule has 1 heterocycles. The minimum atomic E-state index is 0.527. The maximum absolute atomic E-state index is 3.52. The van der Waals surface area contributed by atoms with Crippen LogP contribution in [0.15, 0.2) is 30.3 Å². The number of fused-ring (bicyclic) bond motifs is 1. The van der Waals surface area contributed by atoms with Gasteiger partial charge in [-0.3, -0.25) is 0 Å². The first-order valence-electron chi connectivity index (χ1n) is 5.18. The second kappa shape index (κ2) is 2.58. The molecule has 0 unspecified atom stereocenters. The summed E-state index contributed by atoms with van der Waals surface area (Å²) in [7, 11) is 0. The van der Waals surface area contributed by atoms with Gasteiger partial charge in [0.05, 0.1) is 0 Å². The van der Waals surface area contributed by atoms with Crippen molar-refractivity contribution in [1.29, 1.82) is 0 Å². The van der Waals surface area contributed by atoms with Crippen LogP contribution in [0.1, 0.15) is 18.4 Å². The molecule has 0 amide bonds. The van der Waals surface area contributed by atoms with E-state index in [-0.39, 0.29) is 0 Å². The third-order valence-electron chi connectivity index (χ3n) is 3.69. The highest BCUT2D eigenvalue weighted by atomic mass is 14.9. The summed E-state index contributed by atoms with van der Waals surface area (Å²) < 4.78 is 0. The molecule has 0 bridgehead atoms. The smallest absolute Gasteiger partial charge is 0.0110 e. The van der Waals surface area contributed by atoms with Crippen molar-refractivity contribution in [3.63, 3.8) is 0 Å². The number of hydrogen-bond acceptors (Lipinski definition) is 1. The van der Waals surface area contributed by atoms with Crippen molar-refractivity contribution in [2.45, 2.75) is 18.3 Å². The van der Waals surface area contributed by atoms with Gasteiger partial charge in [0.1, 0.15) is 0 Å². The lowest BCUT2D eigenvalue weighted by atomic mass is 9.90. The molecule has 2 atom stereocenters. The summed E-state index contributed by atoms with van der Waals surface area (Å²) in [5.41, 5.74) is 2.08. The fourth-order valence-electron chi connectivity index (χ4n) is 2.79. The van der Waals surface area contributed by atoms with Crippen LogP contribution in [0, 0.1) is 5.92 Å². The Labute approximate surface area is 79.2 Å². The van der Waals surface area contributed by atoms with E-state index in [2.05, 4.69) is 35.6 Å². The molecule has 1 nitrogen and oxygen atoms in total. The Morgan fingerprint density at radius 1 is 1.23 bits per heavy atom. The Morgan fingerprint density at radius 2 is 2.08 bits per heavy atom. The van der Waals surface area contributed by atoms with Crippen LogP contribution >= 0.6 is 0 Å². The Hall–Kier alpha value is -0.820. The van der Waals surface area contributed by atoms with Crippen LogP contribution in [0.4, 0.5) is 0 Å². The Kier molecular flexibility index (Phi) is 1.50. The Morgan fingerprint density at radius 3 is 2.85 bits per heavy atom. The topological polar surface area (TPSA) is 12.0 Å². The van der Waals surface area contributed by atoms with Gasteiger partial charge in [0.2, 0.25) is 0 Å². The van der Waals surface area contributed by atoms with E-state index in [9.17, 15) is 0 Å². The molecule has 1 saturated carbocycles. The van der Waals surface area contributed by atoms with Gasteiger partial charge in [-0.05, 0) is 30.9 Å². The lowest BCUT2D eigenvalue weighted by Gasteiger charge is -2.23. The third kappa shape index (κ3) is 1.03.